The van der Waals surface area contributed by atoms with E-state index < -0.39 is 11.6 Å². The molecule has 0 spiro atoms. The highest BCUT2D eigenvalue weighted by Crippen LogP contribution is 2.41. The molecule has 0 atom stereocenters. The van der Waals surface area contributed by atoms with E-state index in [2.05, 4.69) is 4.98 Å². The van der Waals surface area contributed by atoms with Crippen LogP contribution in [-0.4, -0.2) is 40.3 Å². The number of hydrogen-bond acceptors (Lipinski definition) is 4. The minimum Gasteiger partial charge on any atom is -0.490 e. The molecule has 3 N–H and O–H groups in total. The van der Waals surface area contributed by atoms with Crippen LogP contribution in [0.1, 0.15) is 18.5 Å². The fourth-order valence-electron chi connectivity index (χ4n) is 2.69. The summed E-state index contributed by atoms with van der Waals surface area (Å²) >= 11 is 0. The van der Waals surface area contributed by atoms with Crippen LogP contribution in [0.4, 0.5) is 10.5 Å². The van der Waals surface area contributed by atoms with Crippen molar-refractivity contribution < 1.29 is 14.6 Å². The molecule has 0 saturated heterocycles. The second-order valence-electron chi connectivity index (χ2n) is 6.28. The van der Waals surface area contributed by atoms with Gasteiger partial charge in [0.1, 0.15) is 12.4 Å². The number of anilines is 1. The Morgan fingerprint density at radius 3 is 2.62 bits per heavy atom. The van der Waals surface area contributed by atoms with E-state index in [0.717, 1.165) is 29.7 Å². The molecule has 1 saturated carbocycles. The van der Waals surface area contributed by atoms with Gasteiger partial charge in [-0.1, -0.05) is 12.1 Å². The number of hydrogen-bond donors (Lipinski definition) is 2. The maximum atomic E-state index is 11.2. The fourth-order valence-corrected chi connectivity index (χ4v) is 2.69. The quantitative estimate of drug-likeness (QED) is 0.824. The summed E-state index contributed by atoms with van der Waals surface area (Å²) in [6.07, 6.45) is 2.38. The zero-order valence-electron chi connectivity index (χ0n) is 13.8. The Balaban J connectivity index is 1.77. The molecule has 1 aromatic carbocycles. The summed E-state index contributed by atoms with van der Waals surface area (Å²) in [5.41, 5.74) is 8.93. The molecular weight excluding hydrogens is 306 g/mol. The van der Waals surface area contributed by atoms with Gasteiger partial charge in [0.05, 0.1) is 11.7 Å². The molecular formula is C18H21N3O3. The summed E-state index contributed by atoms with van der Waals surface area (Å²) in [4.78, 5) is 16.9. The first-order valence-corrected chi connectivity index (χ1v) is 7.83. The van der Waals surface area contributed by atoms with Gasteiger partial charge in [0.25, 0.3) is 0 Å². The number of nitrogens with zero attached hydrogens (tertiary/aromatic N) is 2. The number of rotatable bonds is 5. The van der Waals surface area contributed by atoms with Gasteiger partial charge in [0.2, 0.25) is 0 Å². The predicted octanol–water partition coefficient (Wildman–Crippen LogP) is 3.16. The van der Waals surface area contributed by atoms with E-state index in [1.807, 2.05) is 37.3 Å². The zero-order valence-corrected chi connectivity index (χ0v) is 13.8. The Morgan fingerprint density at radius 2 is 2.04 bits per heavy atom. The second-order valence-corrected chi connectivity index (χ2v) is 6.28. The van der Waals surface area contributed by atoms with Crippen LogP contribution in [0.3, 0.4) is 0 Å². The highest BCUT2D eigenvalue weighted by Gasteiger charge is 2.49. The number of pyridine rings is 1. The molecule has 0 aliphatic heterocycles. The van der Waals surface area contributed by atoms with Gasteiger partial charge >= 0.3 is 6.09 Å². The standard InChI is InChI=1S/C18H21N3O3/c1-12-16(13-3-5-14(19)6-4-13)9-15(10-20-12)24-11-18(7-8-18)21(2)17(22)23/h3-6,9-10H,7-8,11,19H2,1-2H3,(H,22,23). The van der Waals surface area contributed by atoms with E-state index in [1.54, 1.807) is 13.2 Å². The molecule has 3 rings (SSSR count). The number of amides is 1. The maximum Gasteiger partial charge on any atom is 0.407 e. The van der Waals surface area contributed by atoms with Gasteiger partial charge in [0.15, 0.2) is 0 Å². The Morgan fingerprint density at radius 1 is 1.38 bits per heavy atom. The van der Waals surface area contributed by atoms with Crippen molar-refractivity contribution in [3.05, 3.63) is 42.2 Å². The number of carbonyl (C=O) groups is 1. The minimum absolute atomic E-state index is 0.335. The van der Waals surface area contributed by atoms with E-state index in [-0.39, 0.29) is 0 Å². The van der Waals surface area contributed by atoms with Gasteiger partial charge < -0.3 is 20.5 Å². The molecule has 1 amide bonds. The highest BCUT2D eigenvalue weighted by atomic mass is 16.5. The van der Waals surface area contributed by atoms with Crippen molar-refractivity contribution >= 4 is 11.8 Å². The lowest BCUT2D eigenvalue weighted by molar-refractivity contribution is 0.109. The molecule has 1 fully saturated rings. The molecule has 1 aliphatic rings. The van der Waals surface area contributed by atoms with Crippen molar-refractivity contribution in [1.82, 2.24) is 9.88 Å². The molecule has 0 unspecified atom stereocenters. The van der Waals surface area contributed by atoms with Crippen LogP contribution in [0, 0.1) is 6.92 Å². The smallest absolute Gasteiger partial charge is 0.407 e. The first kappa shape index (κ1) is 16.1. The largest absolute Gasteiger partial charge is 0.490 e. The van der Waals surface area contributed by atoms with Crippen molar-refractivity contribution in [2.24, 2.45) is 0 Å². The Labute approximate surface area is 140 Å². The molecule has 2 aromatic rings. The zero-order chi connectivity index (χ0) is 17.3. The number of carboxylic acid groups (broad SMARTS) is 1. The van der Waals surface area contributed by atoms with Gasteiger partial charge in [-0.3, -0.25) is 4.98 Å². The molecule has 6 heteroatoms. The third-order valence-corrected chi connectivity index (χ3v) is 4.62. The topological polar surface area (TPSA) is 88.7 Å². The Bertz CT molecular complexity index is 755. The second kappa shape index (κ2) is 6.03. The van der Waals surface area contributed by atoms with Crippen LogP contribution < -0.4 is 10.5 Å². The van der Waals surface area contributed by atoms with Gasteiger partial charge in [-0.2, -0.15) is 0 Å². The number of aromatic nitrogens is 1. The lowest BCUT2D eigenvalue weighted by Crippen LogP contribution is -2.42. The van der Waals surface area contributed by atoms with E-state index >= 15 is 0 Å². The third kappa shape index (κ3) is 3.13. The predicted molar refractivity (Wildman–Crippen MR) is 92.1 cm³/mol. The Kier molecular flexibility index (Phi) is 4.05. The summed E-state index contributed by atoms with van der Waals surface area (Å²) < 4.78 is 5.85. The number of likely N-dealkylation sites (N-methyl/N-ethyl adjacent to an activating group) is 1. The van der Waals surface area contributed by atoms with Crippen molar-refractivity contribution in [3.8, 4) is 16.9 Å². The normalized spacial score (nSPS) is 14.9. The minimum atomic E-state index is -0.930. The lowest BCUT2D eigenvalue weighted by Gasteiger charge is -2.25. The molecule has 24 heavy (non-hydrogen) atoms. The van der Waals surface area contributed by atoms with E-state index in [0.29, 0.717) is 18.0 Å². The molecule has 126 valence electrons. The maximum absolute atomic E-state index is 11.2. The first-order chi connectivity index (χ1) is 11.4. The summed E-state index contributed by atoms with van der Waals surface area (Å²) in [7, 11) is 1.59. The number of nitrogen functional groups attached to an aromatic ring is 1. The van der Waals surface area contributed by atoms with Gasteiger partial charge in [-0.25, -0.2) is 4.79 Å². The molecule has 0 radical (unpaired) electrons. The van der Waals surface area contributed by atoms with Crippen LogP contribution in [0.15, 0.2) is 36.5 Å². The van der Waals surface area contributed by atoms with Crippen molar-refractivity contribution in [1.29, 1.82) is 0 Å². The SMILES string of the molecule is Cc1ncc(OCC2(N(C)C(=O)O)CC2)cc1-c1ccc(N)cc1. The van der Waals surface area contributed by atoms with Crippen molar-refractivity contribution in [2.45, 2.75) is 25.3 Å². The number of ether oxygens (including phenoxy) is 1. The van der Waals surface area contributed by atoms with E-state index in [1.165, 1.54) is 4.90 Å². The Hall–Kier alpha value is -2.76. The molecule has 1 aliphatic carbocycles. The number of aryl methyl sites for hydroxylation is 1. The van der Waals surface area contributed by atoms with E-state index in [4.69, 9.17) is 15.6 Å². The van der Waals surface area contributed by atoms with Crippen LogP contribution >= 0.6 is 0 Å². The van der Waals surface area contributed by atoms with Gasteiger partial charge in [-0.05, 0) is 43.5 Å². The molecule has 1 aromatic heterocycles. The van der Waals surface area contributed by atoms with E-state index in [9.17, 15) is 4.79 Å². The van der Waals surface area contributed by atoms with Gasteiger partial charge in [0, 0.05) is 24.0 Å². The summed E-state index contributed by atoms with van der Waals surface area (Å²) in [6.45, 7) is 2.28. The summed E-state index contributed by atoms with van der Waals surface area (Å²) in [5.74, 6) is 0.637. The van der Waals surface area contributed by atoms with Crippen molar-refractivity contribution in [2.75, 3.05) is 19.4 Å². The highest BCUT2D eigenvalue weighted by molar-refractivity contribution is 5.69. The van der Waals surface area contributed by atoms with Crippen LogP contribution in [0.5, 0.6) is 5.75 Å². The summed E-state index contributed by atoms with van der Waals surface area (Å²) in [6, 6.07) is 9.53. The average molecular weight is 327 g/mol. The monoisotopic (exact) mass is 327 g/mol. The number of benzene rings is 1. The average Bonchev–Trinajstić information content (AvgIpc) is 3.35. The first-order valence-electron chi connectivity index (χ1n) is 7.83. The van der Waals surface area contributed by atoms with Crippen LogP contribution in [0.2, 0.25) is 0 Å². The van der Waals surface area contributed by atoms with Crippen molar-refractivity contribution in [3.63, 3.8) is 0 Å². The fraction of sp³-hybridized carbons (Fsp3) is 0.333. The molecule has 6 nitrogen and oxygen atoms in total. The molecule has 1 heterocycles. The number of nitrogens with two attached hydrogens (primary N) is 1. The molecule has 0 bridgehead atoms. The lowest BCUT2D eigenvalue weighted by atomic mass is 10.0. The van der Waals surface area contributed by atoms with Crippen LogP contribution in [0.25, 0.3) is 11.1 Å². The van der Waals surface area contributed by atoms with Gasteiger partial charge in [-0.15, -0.1) is 0 Å². The summed E-state index contributed by atoms with van der Waals surface area (Å²) in [5, 5.41) is 9.15. The third-order valence-electron chi connectivity index (χ3n) is 4.62. The van der Waals surface area contributed by atoms with Crippen LogP contribution in [-0.2, 0) is 0 Å².